The highest BCUT2D eigenvalue weighted by Crippen LogP contribution is 2.49. The van der Waals surface area contributed by atoms with E-state index >= 15 is 0 Å². The standard InChI is InChI=1S/C23H25BrClF2N3O2/c1-13(2)30-20-12-29(3)9-8-17(20)18-10-14(11-19(24)21(18)30)22(31)28-15-4-6-16(7-5-15)32-23(25,26)27/h4-7,10-11,13,17,20H,8-9,12H2,1-3H3,(H,28,31). The van der Waals surface area contributed by atoms with Gasteiger partial charge in [0.1, 0.15) is 5.75 Å². The third-order valence-electron chi connectivity index (χ3n) is 6.06. The third kappa shape index (κ3) is 4.72. The Hall–Kier alpha value is -1.90. The first-order valence-corrected chi connectivity index (χ1v) is 11.7. The van der Waals surface area contributed by atoms with E-state index < -0.39 is 5.57 Å². The van der Waals surface area contributed by atoms with Crippen LogP contribution in [0.15, 0.2) is 40.9 Å². The molecule has 2 aliphatic heterocycles. The van der Waals surface area contributed by atoms with Crippen molar-refractivity contribution in [1.29, 1.82) is 0 Å². The smallest absolute Gasteiger partial charge is 0.420 e. The average Bonchev–Trinajstić information content (AvgIpc) is 3.02. The summed E-state index contributed by atoms with van der Waals surface area (Å²) in [4.78, 5) is 17.8. The summed E-state index contributed by atoms with van der Waals surface area (Å²) >= 11 is 8.50. The van der Waals surface area contributed by atoms with E-state index in [0.717, 1.165) is 24.0 Å². The lowest BCUT2D eigenvalue weighted by Gasteiger charge is -2.40. The zero-order valence-corrected chi connectivity index (χ0v) is 20.4. The van der Waals surface area contributed by atoms with Crippen LogP contribution in [-0.4, -0.2) is 48.6 Å². The summed E-state index contributed by atoms with van der Waals surface area (Å²) < 4.78 is 30.7. The molecule has 0 saturated carbocycles. The number of halogens is 4. The maximum atomic E-state index is 13.0. The van der Waals surface area contributed by atoms with E-state index in [1.165, 1.54) is 35.5 Å². The summed E-state index contributed by atoms with van der Waals surface area (Å²) in [5, 5.41) is 2.82. The number of likely N-dealkylation sites (tertiary alicyclic amines) is 1. The van der Waals surface area contributed by atoms with Gasteiger partial charge < -0.3 is 19.9 Å². The van der Waals surface area contributed by atoms with Gasteiger partial charge in [-0.15, -0.1) is 8.78 Å². The fourth-order valence-electron chi connectivity index (χ4n) is 4.79. The number of carbonyl (C=O) groups is 1. The molecule has 1 N–H and O–H groups in total. The predicted molar refractivity (Wildman–Crippen MR) is 126 cm³/mol. The third-order valence-corrected chi connectivity index (χ3v) is 6.74. The first kappa shape index (κ1) is 23.3. The number of rotatable bonds is 5. The van der Waals surface area contributed by atoms with Gasteiger partial charge in [0.25, 0.3) is 5.91 Å². The quantitative estimate of drug-likeness (QED) is 0.492. The molecule has 2 unspecified atom stereocenters. The molecule has 0 radical (unpaired) electrons. The molecule has 172 valence electrons. The Kier molecular flexibility index (Phi) is 6.40. The van der Waals surface area contributed by atoms with Gasteiger partial charge in [-0.2, -0.15) is 0 Å². The second-order valence-electron chi connectivity index (χ2n) is 8.65. The number of hydrogen-bond donors (Lipinski definition) is 1. The van der Waals surface area contributed by atoms with Crippen molar-refractivity contribution >= 4 is 44.8 Å². The van der Waals surface area contributed by atoms with Crippen molar-refractivity contribution in [3.8, 4) is 5.75 Å². The predicted octanol–water partition coefficient (Wildman–Crippen LogP) is 5.89. The van der Waals surface area contributed by atoms with E-state index in [9.17, 15) is 13.6 Å². The molecule has 0 aliphatic carbocycles. The van der Waals surface area contributed by atoms with Crippen molar-refractivity contribution in [1.82, 2.24) is 4.90 Å². The molecule has 4 rings (SSSR count). The molecule has 9 heteroatoms. The molecule has 2 atom stereocenters. The molecule has 2 heterocycles. The van der Waals surface area contributed by atoms with Gasteiger partial charge in [0, 0.05) is 51.9 Å². The maximum Gasteiger partial charge on any atom is 0.487 e. The summed E-state index contributed by atoms with van der Waals surface area (Å²) in [7, 11) is 2.15. The van der Waals surface area contributed by atoms with Crippen LogP contribution in [0.4, 0.5) is 20.2 Å². The normalized spacial score (nSPS) is 20.8. The van der Waals surface area contributed by atoms with Crippen LogP contribution in [0.2, 0.25) is 0 Å². The number of likely N-dealkylation sites (N-methyl/N-ethyl adjacent to an activating group) is 1. The van der Waals surface area contributed by atoms with Crippen LogP contribution >= 0.6 is 27.5 Å². The Morgan fingerprint density at radius 1 is 1.28 bits per heavy atom. The van der Waals surface area contributed by atoms with Crippen molar-refractivity contribution in [2.45, 2.75) is 43.8 Å². The van der Waals surface area contributed by atoms with Crippen molar-refractivity contribution in [2.24, 2.45) is 0 Å². The molecule has 1 amide bonds. The minimum absolute atomic E-state index is 0.0923. The van der Waals surface area contributed by atoms with Gasteiger partial charge in [0.2, 0.25) is 0 Å². The van der Waals surface area contributed by atoms with E-state index in [4.69, 9.17) is 11.6 Å². The highest BCUT2D eigenvalue weighted by atomic mass is 79.9. The van der Waals surface area contributed by atoms with Crippen LogP contribution in [-0.2, 0) is 0 Å². The highest BCUT2D eigenvalue weighted by Gasteiger charge is 2.43. The number of nitrogens with zero attached hydrogens (tertiary/aromatic N) is 2. The molecule has 0 bridgehead atoms. The Morgan fingerprint density at radius 3 is 2.59 bits per heavy atom. The van der Waals surface area contributed by atoms with Gasteiger partial charge in [0.05, 0.1) is 5.69 Å². The molecule has 0 spiro atoms. The molecule has 2 aromatic carbocycles. The Bertz CT molecular complexity index is 1010. The van der Waals surface area contributed by atoms with Gasteiger partial charge in [0.15, 0.2) is 0 Å². The first-order valence-electron chi connectivity index (χ1n) is 10.5. The fourth-order valence-corrected chi connectivity index (χ4v) is 5.56. The fraction of sp³-hybridized carbons (Fsp3) is 0.435. The van der Waals surface area contributed by atoms with Crippen molar-refractivity contribution in [2.75, 3.05) is 30.4 Å². The van der Waals surface area contributed by atoms with Crippen LogP contribution in [0.1, 0.15) is 42.1 Å². The number of ether oxygens (including phenoxy) is 1. The average molecular weight is 529 g/mol. The minimum atomic E-state index is -3.78. The Labute approximate surface area is 199 Å². The van der Waals surface area contributed by atoms with Gasteiger partial charge in [-0.25, -0.2) is 0 Å². The van der Waals surface area contributed by atoms with Crippen molar-refractivity contribution < 1.29 is 18.3 Å². The van der Waals surface area contributed by atoms with Crippen LogP contribution in [0, 0.1) is 0 Å². The monoisotopic (exact) mass is 527 g/mol. The zero-order chi connectivity index (χ0) is 23.2. The number of carbonyl (C=O) groups excluding carboxylic acids is 1. The second-order valence-corrected chi connectivity index (χ2v) is 9.94. The topological polar surface area (TPSA) is 44.8 Å². The van der Waals surface area contributed by atoms with Crippen LogP contribution in [0.25, 0.3) is 0 Å². The molecule has 1 fully saturated rings. The SMILES string of the molecule is CC(C)N1c2c(Br)cc(C(=O)Nc3ccc(OC(F)(F)Cl)cc3)cc2C2CCN(C)CC21. The number of anilines is 2. The summed E-state index contributed by atoms with van der Waals surface area (Å²) in [6.45, 7) is 6.40. The first-order chi connectivity index (χ1) is 15.0. The van der Waals surface area contributed by atoms with E-state index in [1.54, 1.807) is 0 Å². The molecular weight excluding hydrogens is 504 g/mol. The number of nitrogens with one attached hydrogen (secondary N) is 1. The summed E-state index contributed by atoms with van der Waals surface area (Å²) in [6.07, 6.45) is 1.04. The molecule has 32 heavy (non-hydrogen) atoms. The molecule has 5 nitrogen and oxygen atoms in total. The zero-order valence-electron chi connectivity index (χ0n) is 18.0. The largest absolute Gasteiger partial charge is 0.487 e. The van der Waals surface area contributed by atoms with E-state index in [1.807, 2.05) is 12.1 Å². The lowest BCUT2D eigenvalue weighted by atomic mass is 9.87. The van der Waals surface area contributed by atoms with E-state index in [-0.39, 0.29) is 11.7 Å². The Balaban J connectivity index is 1.58. The number of benzene rings is 2. The Morgan fingerprint density at radius 2 is 1.97 bits per heavy atom. The van der Waals surface area contributed by atoms with Crippen LogP contribution in [0.5, 0.6) is 5.75 Å². The number of hydrogen-bond acceptors (Lipinski definition) is 4. The van der Waals surface area contributed by atoms with Crippen LogP contribution < -0.4 is 15.0 Å². The molecule has 2 aromatic rings. The maximum absolute atomic E-state index is 13.0. The van der Waals surface area contributed by atoms with Gasteiger partial charge in [-0.1, -0.05) is 0 Å². The summed E-state index contributed by atoms with van der Waals surface area (Å²) in [5.74, 6) is 0.0176. The lowest BCUT2D eigenvalue weighted by Crippen LogP contribution is -2.49. The number of fused-ring (bicyclic) bond motifs is 3. The van der Waals surface area contributed by atoms with Gasteiger partial charge in [-0.3, -0.25) is 4.79 Å². The second kappa shape index (κ2) is 8.80. The van der Waals surface area contributed by atoms with Crippen molar-refractivity contribution in [3.63, 3.8) is 0 Å². The van der Waals surface area contributed by atoms with Crippen LogP contribution in [0.3, 0.4) is 0 Å². The van der Waals surface area contributed by atoms with Gasteiger partial charge >= 0.3 is 5.57 Å². The van der Waals surface area contributed by atoms with E-state index in [2.05, 4.69) is 56.7 Å². The summed E-state index contributed by atoms with van der Waals surface area (Å²) in [5.41, 5.74) is -0.393. The number of piperidine rings is 1. The number of amides is 1. The molecular formula is C23H25BrClF2N3O2. The summed E-state index contributed by atoms with van der Waals surface area (Å²) in [6, 6.07) is 10.2. The lowest BCUT2D eigenvalue weighted by molar-refractivity contribution is -0.0964. The molecule has 1 saturated heterocycles. The van der Waals surface area contributed by atoms with Gasteiger partial charge in [-0.05, 0) is 91.8 Å². The van der Waals surface area contributed by atoms with Crippen molar-refractivity contribution in [3.05, 3.63) is 52.0 Å². The minimum Gasteiger partial charge on any atom is -0.420 e. The molecule has 0 aromatic heterocycles. The molecule has 2 aliphatic rings. The highest BCUT2D eigenvalue weighted by molar-refractivity contribution is 9.10. The number of alkyl halides is 3. The van der Waals surface area contributed by atoms with E-state index in [0.29, 0.717) is 29.3 Å².